The predicted octanol–water partition coefficient (Wildman–Crippen LogP) is 12.8. The van der Waals surface area contributed by atoms with Crippen LogP contribution in [0.3, 0.4) is 0 Å². The monoisotopic (exact) mass is 777 g/mol. The first-order valence-corrected chi connectivity index (χ1v) is 25.3. The fourth-order valence-electron chi connectivity index (χ4n) is 5.91. The molecule has 0 aliphatic carbocycles. The van der Waals surface area contributed by atoms with Crippen molar-refractivity contribution in [2.45, 2.75) is 195 Å². The molecule has 1 saturated heterocycles. The van der Waals surface area contributed by atoms with Crippen molar-refractivity contribution in [2.75, 3.05) is 32.2 Å². The summed E-state index contributed by atoms with van der Waals surface area (Å²) in [6.07, 6.45) is 30.0. The Bertz CT molecular complexity index is 875. The average molecular weight is 777 g/mol. The van der Waals surface area contributed by atoms with Gasteiger partial charge in [0.25, 0.3) is 0 Å². The number of carbonyl (C=O) groups is 1. The number of ether oxygens (including phenoxy) is 1. The molecule has 0 bridgehead atoms. The number of hydrogen-bond donors (Lipinski definition) is 0. The summed E-state index contributed by atoms with van der Waals surface area (Å²) in [6.45, 7) is 15.0. The Kier molecular flexibility index (Phi) is 32.2. The highest BCUT2D eigenvalue weighted by molar-refractivity contribution is 8.67. The molecule has 7 nitrogen and oxygen atoms in total. The molecule has 300 valence electrons. The second-order valence-electron chi connectivity index (χ2n) is 14.5. The normalized spacial score (nSPS) is 17.9. The molecule has 1 rings (SSSR count). The maximum Gasteiger partial charge on any atom is 0.640 e. The van der Waals surface area contributed by atoms with Crippen molar-refractivity contribution in [3.63, 3.8) is 0 Å². The zero-order valence-electron chi connectivity index (χ0n) is 33.8. The Hall–Kier alpha value is 0.0749. The van der Waals surface area contributed by atoms with Crippen molar-refractivity contribution >= 4 is 42.2 Å². The number of allylic oxidation sites excluding steroid dienone is 2. The summed E-state index contributed by atoms with van der Waals surface area (Å²) in [6, 6.07) is 0. The van der Waals surface area contributed by atoms with Gasteiger partial charge < -0.3 is 27.7 Å². The van der Waals surface area contributed by atoms with Crippen LogP contribution in [0.15, 0.2) is 12.2 Å². The number of hydrogen-bond acceptors (Lipinski definition) is 9. The van der Waals surface area contributed by atoms with Gasteiger partial charge in [-0.3, -0.25) is 4.79 Å². The molecule has 1 aliphatic heterocycles. The second kappa shape index (κ2) is 33.4. The molecule has 51 heavy (non-hydrogen) atoms. The van der Waals surface area contributed by atoms with Gasteiger partial charge in [0.2, 0.25) is 5.69 Å². The third kappa shape index (κ3) is 27.3. The summed E-state index contributed by atoms with van der Waals surface area (Å²) in [5.74, 6) is 1.45. The molecule has 0 radical (unpaired) electrons. The van der Waals surface area contributed by atoms with Crippen molar-refractivity contribution in [2.24, 2.45) is 11.8 Å². The highest BCUT2D eigenvalue weighted by atomic mass is 32.9. The topological polar surface area (TPSA) is 72.5 Å². The Balaban J connectivity index is 2.28. The van der Waals surface area contributed by atoms with Gasteiger partial charge in [-0.15, -0.1) is 0 Å². The standard InChI is InChI=1S/C40H78BO7PS2/c1-7-12-15-16-17-18-19-20-21-22-23-24-25-26-27-30-40(42)43-33-39-34-44-41(48-39)47-36(6)35-51-49(50,45-31-37(10-4)28-13-8-2)46-32-38(11-5)29-14-9-3/h20-21,36-39H,7-19,22-35H2,1-6H3/b21-20-. The molecule has 0 aromatic heterocycles. The quantitative estimate of drug-likeness (QED) is 0.0203. The van der Waals surface area contributed by atoms with Crippen LogP contribution in [0.4, 0.5) is 0 Å². The molecular formula is C40H78BO7PS2. The molecule has 4 unspecified atom stereocenters. The molecule has 1 fully saturated rings. The van der Waals surface area contributed by atoms with Gasteiger partial charge in [-0.1, -0.05) is 148 Å². The minimum Gasteiger partial charge on any atom is -0.463 e. The van der Waals surface area contributed by atoms with Crippen LogP contribution in [0.25, 0.3) is 0 Å². The molecule has 0 aromatic rings. The van der Waals surface area contributed by atoms with Crippen LogP contribution in [-0.2, 0) is 44.3 Å². The smallest absolute Gasteiger partial charge is 0.463 e. The average Bonchev–Trinajstić information content (AvgIpc) is 3.58. The van der Waals surface area contributed by atoms with Crippen LogP contribution in [0.2, 0.25) is 0 Å². The van der Waals surface area contributed by atoms with Gasteiger partial charge in [0.05, 0.1) is 25.9 Å². The lowest BCUT2D eigenvalue weighted by molar-refractivity contribution is -0.146. The number of rotatable bonds is 36. The van der Waals surface area contributed by atoms with E-state index in [1.807, 2.05) is 6.92 Å². The first kappa shape index (κ1) is 49.1. The van der Waals surface area contributed by atoms with E-state index in [1.165, 1.54) is 89.9 Å². The van der Waals surface area contributed by atoms with Gasteiger partial charge in [0.15, 0.2) is 0 Å². The van der Waals surface area contributed by atoms with Crippen molar-refractivity contribution in [3.8, 4) is 0 Å². The second-order valence-corrected chi connectivity index (χ2v) is 20.9. The van der Waals surface area contributed by atoms with Gasteiger partial charge in [-0.05, 0) is 75.5 Å². The lowest BCUT2D eigenvalue weighted by atomic mass is 10.0. The molecule has 0 saturated carbocycles. The lowest BCUT2D eigenvalue weighted by Gasteiger charge is -2.27. The number of esters is 1. The van der Waals surface area contributed by atoms with E-state index >= 15 is 0 Å². The highest BCUT2D eigenvalue weighted by Gasteiger charge is 2.36. The van der Waals surface area contributed by atoms with Crippen molar-refractivity contribution in [3.05, 3.63) is 12.2 Å². The lowest BCUT2D eigenvalue weighted by Crippen LogP contribution is -2.29. The molecule has 0 N–H and O–H groups in total. The summed E-state index contributed by atoms with van der Waals surface area (Å²) < 4.78 is 36.1. The third-order valence-electron chi connectivity index (χ3n) is 9.63. The maximum absolute atomic E-state index is 12.3. The molecule has 0 aromatic carbocycles. The van der Waals surface area contributed by atoms with E-state index in [-0.39, 0.29) is 24.8 Å². The Morgan fingerprint density at radius 3 is 1.88 bits per heavy atom. The van der Waals surface area contributed by atoms with Gasteiger partial charge in [-0.25, -0.2) is 0 Å². The van der Waals surface area contributed by atoms with Gasteiger partial charge in [0.1, 0.15) is 12.7 Å². The van der Waals surface area contributed by atoms with E-state index in [0.29, 0.717) is 43.8 Å². The van der Waals surface area contributed by atoms with Crippen LogP contribution in [0, 0.1) is 11.8 Å². The van der Waals surface area contributed by atoms with E-state index in [0.717, 1.165) is 44.9 Å². The first-order valence-electron chi connectivity index (χ1n) is 21.1. The van der Waals surface area contributed by atoms with E-state index in [2.05, 4.69) is 46.8 Å². The maximum atomic E-state index is 12.3. The van der Waals surface area contributed by atoms with Crippen LogP contribution >= 0.6 is 17.1 Å². The van der Waals surface area contributed by atoms with Gasteiger partial charge in [0, 0.05) is 12.2 Å². The van der Waals surface area contributed by atoms with Crippen LogP contribution < -0.4 is 0 Å². The molecule has 1 heterocycles. The van der Waals surface area contributed by atoms with Gasteiger partial charge in [-0.2, -0.15) is 0 Å². The molecule has 1 aliphatic rings. The molecule has 4 atom stereocenters. The third-order valence-corrected chi connectivity index (χ3v) is 15.1. The van der Waals surface area contributed by atoms with Crippen molar-refractivity contribution in [1.82, 2.24) is 0 Å². The highest BCUT2D eigenvalue weighted by Crippen LogP contribution is 2.62. The predicted molar refractivity (Wildman–Crippen MR) is 223 cm³/mol. The molecule has 11 heteroatoms. The fourth-order valence-corrected chi connectivity index (χ4v) is 10.3. The Morgan fingerprint density at radius 1 is 0.804 bits per heavy atom. The summed E-state index contributed by atoms with van der Waals surface area (Å²) in [4.78, 5) is 12.3. The van der Waals surface area contributed by atoms with E-state index < -0.39 is 13.0 Å². The summed E-state index contributed by atoms with van der Waals surface area (Å²) >= 11 is 7.66. The zero-order chi connectivity index (χ0) is 37.4. The van der Waals surface area contributed by atoms with E-state index in [1.54, 1.807) is 11.4 Å². The van der Waals surface area contributed by atoms with Crippen molar-refractivity contribution < 1.29 is 32.5 Å². The summed E-state index contributed by atoms with van der Waals surface area (Å²) in [7, 11) is -0.786. The fraction of sp³-hybridized carbons (Fsp3) is 0.925. The first-order chi connectivity index (χ1) is 24.8. The Morgan fingerprint density at radius 2 is 1.33 bits per heavy atom. The minimum atomic E-state index is -2.55. The molecule has 0 spiro atoms. The van der Waals surface area contributed by atoms with Gasteiger partial charge >= 0.3 is 13.3 Å². The van der Waals surface area contributed by atoms with E-state index in [9.17, 15) is 4.79 Å². The Labute approximate surface area is 324 Å². The SMILES string of the molecule is CCCCCCCC/C=C\CCCCCCCC(=O)OCC1COB(OC(C)CSP(=S)(OCC(CC)CCCC)OCC(CC)CCCC)O1. The van der Waals surface area contributed by atoms with Crippen molar-refractivity contribution in [1.29, 1.82) is 0 Å². The molecular weight excluding hydrogens is 698 g/mol. The zero-order valence-corrected chi connectivity index (χ0v) is 36.3. The van der Waals surface area contributed by atoms with Crippen LogP contribution in [-0.4, -0.2) is 57.7 Å². The largest absolute Gasteiger partial charge is 0.640 e. The number of unbranched alkanes of at least 4 members (excludes halogenated alkanes) is 13. The number of carbonyl (C=O) groups excluding carboxylic acids is 1. The molecule has 0 amide bonds. The summed E-state index contributed by atoms with van der Waals surface area (Å²) in [5.41, 5.74) is -2.55. The van der Waals surface area contributed by atoms with Crippen LogP contribution in [0.5, 0.6) is 0 Å². The summed E-state index contributed by atoms with van der Waals surface area (Å²) in [5, 5.41) is 0. The van der Waals surface area contributed by atoms with Crippen LogP contribution in [0.1, 0.15) is 183 Å². The van der Waals surface area contributed by atoms with E-state index in [4.69, 9.17) is 39.6 Å². The minimum absolute atomic E-state index is 0.170.